The Bertz CT molecular complexity index is 615. The van der Waals surface area contributed by atoms with Gasteiger partial charge in [-0.05, 0) is 32.2 Å². The average molecular weight is 312 g/mol. The van der Waals surface area contributed by atoms with E-state index in [1.54, 1.807) is 18.2 Å². The maximum atomic E-state index is 12.3. The molecule has 7 heteroatoms. The van der Waals surface area contributed by atoms with Crippen LogP contribution in [-0.4, -0.2) is 64.4 Å². The third kappa shape index (κ3) is 3.14. The molecule has 0 aromatic heterocycles. The second kappa shape index (κ2) is 5.82. The Kier molecular flexibility index (Phi) is 4.46. The monoisotopic (exact) mass is 312 g/mol. The molecule has 21 heavy (non-hydrogen) atoms. The molecule has 1 fully saturated rings. The molecule has 1 atom stereocenters. The van der Waals surface area contributed by atoms with Gasteiger partial charge in [-0.2, -0.15) is 0 Å². The van der Waals surface area contributed by atoms with Crippen LogP contribution >= 0.6 is 0 Å². The third-order valence-electron chi connectivity index (χ3n) is 3.92. The van der Waals surface area contributed by atoms with Crippen molar-refractivity contribution in [1.82, 2.24) is 9.21 Å². The van der Waals surface area contributed by atoms with Gasteiger partial charge in [-0.1, -0.05) is 0 Å². The van der Waals surface area contributed by atoms with Crippen LogP contribution in [0.5, 0.6) is 0 Å². The van der Waals surface area contributed by atoms with Gasteiger partial charge in [0.2, 0.25) is 10.0 Å². The van der Waals surface area contributed by atoms with Crippen LogP contribution in [0.15, 0.2) is 23.1 Å². The largest absolute Gasteiger partial charge is 0.397 e. The summed E-state index contributed by atoms with van der Waals surface area (Å²) in [7, 11) is 1.71. The lowest BCUT2D eigenvalue weighted by Gasteiger charge is -2.40. The summed E-state index contributed by atoms with van der Waals surface area (Å²) in [6.07, 6.45) is 0. The molecule has 0 aliphatic carbocycles. The van der Waals surface area contributed by atoms with Crippen molar-refractivity contribution in [3.63, 3.8) is 0 Å². The molecule has 6 nitrogen and oxygen atoms in total. The quantitative estimate of drug-likeness (QED) is 0.830. The van der Waals surface area contributed by atoms with Gasteiger partial charge in [-0.25, -0.2) is 12.7 Å². The molecule has 1 aromatic rings. The topological polar surface area (TPSA) is 69.9 Å². The maximum absolute atomic E-state index is 12.3. The van der Waals surface area contributed by atoms with Crippen LogP contribution in [0.1, 0.15) is 6.92 Å². The minimum atomic E-state index is -3.44. The molecule has 1 heterocycles. The number of nitrogen functional groups attached to an aromatic ring is 1. The lowest BCUT2D eigenvalue weighted by molar-refractivity contribution is 0.275. The molecular weight excluding hydrogens is 288 g/mol. The summed E-state index contributed by atoms with van der Waals surface area (Å²) in [5.74, 6) is 0. The standard InChI is InChI=1S/C14H24N4O2S/c1-11-10-17(4)7-8-18(11)14-9-12(5-6-13(14)15)21(19,20)16(2)3/h5-6,9,11H,7-8,10,15H2,1-4H3. The van der Waals surface area contributed by atoms with Crippen molar-refractivity contribution in [3.8, 4) is 0 Å². The highest BCUT2D eigenvalue weighted by molar-refractivity contribution is 7.89. The van der Waals surface area contributed by atoms with Gasteiger partial charge in [-0.15, -0.1) is 0 Å². The molecule has 1 saturated heterocycles. The van der Waals surface area contributed by atoms with Crippen molar-refractivity contribution in [2.45, 2.75) is 17.9 Å². The number of anilines is 2. The fourth-order valence-electron chi connectivity index (χ4n) is 2.64. The minimum Gasteiger partial charge on any atom is -0.397 e. The average Bonchev–Trinajstić information content (AvgIpc) is 2.39. The molecular formula is C14H24N4O2S. The number of piperazine rings is 1. The highest BCUT2D eigenvalue weighted by Crippen LogP contribution is 2.30. The fraction of sp³-hybridized carbons (Fsp3) is 0.571. The van der Waals surface area contributed by atoms with Crippen LogP contribution in [0.2, 0.25) is 0 Å². The Balaban J connectivity index is 2.41. The predicted molar refractivity (Wildman–Crippen MR) is 86.0 cm³/mol. The van der Waals surface area contributed by atoms with Gasteiger partial charge in [0.05, 0.1) is 16.3 Å². The molecule has 2 rings (SSSR count). The molecule has 0 radical (unpaired) electrons. The molecule has 0 spiro atoms. The molecule has 1 unspecified atom stereocenters. The van der Waals surface area contributed by atoms with E-state index in [-0.39, 0.29) is 4.90 Å². The number of hydrogen-bond acceptors (Lipinski definition) is 5. The summed E-state index contributed by atoms with van der Waals surface area (Å²) >= 11 is 0. The van der Waals surface area contributed by atoms with E-state index in [2.05, 4.69) is 23.8 Å². The Morgan fingerprint density at radius 3 is 2.52 bits per heavy atom. The van der Waals surface area contributed by atoms with Gasteiger partial charge in [0, 0.05) is 39.8 Å². The van der Waals surface area contributed by atoms with Gasteiger partial charge >= 0.3 is 0 Å². The summed E-state index contributed by atoms with van der Waals surface area (Å²) in [5, 5.41) is 0. The zero-order valence-electron chi connectivity index (χ0n) is 13.1. The van der Waals surface area contributed by atoms with E-state index in [0.29, 0.717) is 11.7 Å². The van der Waals surface area contributed by atoms with Crippen molar-refractivity contribution in [3.05, 3.63) is 18.2 Å². The number of rotatable bonds is 3. The first-order valence-electron chi connectivity index (χ1n) is 7.00. The number of benzene rings is 1. The summed E-state index contributed by atoms with van der Waals surface area (Å²) < 4.78 is 25.8. The van der Waals surface area contributed by atoms with Crippen LogP contribution in [0, 0.1) is 0 Å². The van der Waals surface area contributed by atoms with Gasteiger partial charge in [0.1, 0.15) is 0 Å². The second-order valence-electron chi connectivity index (χ2n) is 5.81. The molecule has 1 aliphatic rings. The van der Waals surface area contributed by atoms with Gasteiger partial charge in [0.25, 0.3) is 0 Å². The van der Waals surface area contributed by atoms with Crippen LogP contribution in [0.4, 0.5) is 11.4 Å². The van der Waals surface area contributed by atoms with Crippen molar-refractivity contribution < 1.29 is 8.42 Å². The summed E-state index contributed by atoms with van der Waals surface area (Å²) in [4.78, 5) is 4.73. The molecule has 1 aliphatic heterocycles. The van der Waals surface area contributed by atoms with Gasteiger partial charge in [0.15, 0.2) is 0 Å². The zero-order chi connectivity index (χ0) is 15.8. The fourth-order valence-corrected chi connectivity index (χ4v) is 3.56. The van der Waals surface area contributed by atoms with E-state index >= 15 is 0 Å². The van der Waals surface area contributed by atoms with Crippen molar-refractivity contribution in [1.29, 1.82) is 0 Å². The number of hydrogen-bond donors (Lipinski definition) is 1. The number of likely N-dealkylation sites (N-methyl/N-ethyl adjacent to an activating group) is 1. The number of nitrogens with two attached hydrogens (primary N) is 1. The Labute approximate surface area is 127 Å². The molecule has 118 valence electrons. The van der Waals surface area contributed by atoms with E-state index in [9.17, 15) is 8.42 Å². The van der Waals surface area contributed by atoms with Crippen LogP contribution in [-0.2, 0) is 10.0 Å². The smallest absolute Gasteiger partial charge is 0.242 e. The first-order chi connectivity index (χ1) is 9.73. The van der Waals surface area contributed by atoms with Gasteiger partial charge in [-0.3, -0.25) is 0 Å². The molecule has 0 amide bonds. The normalized spacial score (nSPS) is 21.0. The molecule has 1 aromatic carbocycles. The van der Waals surface area contributed by atoms with Crippen molar-refractivity contribution >= 4 is 21.4 Å². The predicted octanol–water partition coefficient (Wildman–Crippen LogP) is 0.659. The van der Waals surface area contributed by atoms with Crippen LogP contribution in [0.3, 0.4) is 0 Å². The first-order valence-corrected chi connectivity index (χ1v) is 8.44. The lowest BCUT2D eigenvalue weighted by atomic mass is 10.1. The summed E-state index contributed by atoms with van der Waals surface area (Å²) in [6.45, 7) is 4.84. The van der Waals surface area contributed by atoms with Crippen molar-refractivity contribution in [2.24, 2.45) is 0 Å². The molecule has 0 saturated carbocycles. The molecule has 2 N–H and O–H groups in total. The second-order valence-corrected chi connectivity index (χ2v) is 7.96. The number of sulfonamides is 1. The Morgan fingerprint density at radius 2 is 1.95 bits per heavy atom. The maximum Gasteiger partial charge on any atom is 0.242 e. The lowest BCUT2D eigenvalue weighted by Crippen LogP contribution is -2.50. The highest BCUT2D eigenvalue weighted by Gasteiger charge is 2.25. The number of nitrogens with zero attached hydrogens (tertiary/aromatic N) is 3. The Hall–Kier alpha value is -1.31. The molecule has 0 bridgehead atoms. The van der Waals surface area contributed by atoms with Crippen molar-refractivity contribution in [2.75, 3.05) is 51.4 Å². The van der Waals surface area contributed by atoms with E-state index in [1.165, 1.54) is 18.4 Å². The Morgan fingerprint density at radius 1 is 1.29 bits per heavy atom. The van der Waals surface area contributed by atoms with E-state index in [1.807, 2.05) is 0 Å². The highest BCUT2D eigenvalue weighted by atomic mass is 32.2. The van der Waals surface area contributed by atoms with E-state index < -0.39 is 10.0 Å². The van der Waals surface area contributed by atoms with Gasteiger partial charge < -0.3 is 15.5 Å². The third-order valence-corrected chi connectivity index (χ3v) is 5.73. The van der Waals surface area contributed by atoms with E-state index in [4.69, 9.17) is 5.73 Å². The first kappa shape index (κ1) is 16.1. The summed E-state index contributed by atoms with van der Waals surface area (Å²) in [6, 6.07) is 5.22. The summed E-state index contributed by atoms with van der Waals surface area (Å²) in [5.41, 5.74) is 7.49. The van der Waals surface area contributed by atoms with Crippen LogP contribution in [0.25, 0.3) is 0 Å². The van der Waals surface area contributed by atoms with E-state index in [0.717, 1.165) is 25.3 Å². The minimum absolute atomic E-state index is 0.280. The SMILES string of the molecule is CC1CN(C)CCN1c1cc(S(=O)(=O)N(C)C)ccc1N. The van der Waals surface area contributed by atoms with Crippen LogP contribution < -0.4 is 10.6 Å². The zero-order valence-corrected chi connectivity index (χ0v) is 13.9.